The molecule has 1 aromatic heterocycles. The number of sulfonamides is 1. The predicted molar refractivity (Wildman–Crippen MR) is 132 cm³/mol. The van der Waals surface area contributed by atoms with Gasteiger partial charge >= 0.3 is 0 Å². The largest absolute Gasteiger partial charge is 0.378 e. The summed E-state index contributed by atoms with van der Waals surface area (Å²) >= 11 is 0. The molecule has 1 saturated heterocycles. The Hall–Kier alpha value is -3.74. The van der Waals surface area contributed by atoms with Gasteiger partial charge in [0.25, 0.3) is 11.8 Å². The van der Waals surface area contributed by atoms with Gasteiger partial charge in [-0.1, -0.05) is 24.3 Å². The number of amides is 2. The number of aromatic nitrogens is 2. The Morgan fingerprint density at radius 1 is 1.00 bits per heavy atom. The number of H-pyrrole nitrogens is 1. The number of benzene rings is 2. The molecule has 3 heterocycles. The summed E-state index contributed by atoms with van der Waals surface area (Å²) < 4.78 is 33.2. The van der Waals surface area contributed by atoms with Crippen molar-refractivity contribution in [2.24, 2.45) is 5.73 Å². The minimum atomic E-state index is -3.72. The zero-order chi connectivity index (χ0) is 25.3. The lowest BCUT2D eigenvalue weighted by atomic mass is 10.0. The SMILES string of the molecule is NC(=O)c1c(N2CCOCC2)n[nH]c1NC(=O)c1ccc(S(=O)(=O)N2CCc3ccccc3C2)cc1. The van der Waals surface area contributed by atoms with E-state index in [4.69, 9.17) is 10.5 Å². The lowest BCUT2D eigenvalue weighted by molar-refractivity contribution is 0.0999. The van der Waals surface area contributed by atoms with Crippen LogP contribution in [0.1, 0.15) is 31.8 Å². The third-order valence-electron chi connectivity index (χ3n) is 6.39. The summed E-state index contributed by atoms with van der Waals surface area (Å²) in [6.45, 7) is 2.76. The second kappa shape index (κ2) is 9.72. The molecule has 2 aliphatic rings. The molecule has 0 aliphatic carbocycles. The number of anilines is 2. The van der Waals surface area contributed by atoms with Crippen molar-refractivity contribution in [2.45, 2.75) is 17.9 Å². The van der Waals surface area contributed by atoms with Crippen molar-refractivity contribution in [3.8, 4) is 0 Å². The molecule has 0 radical (unpaired) electrons. The van der Waals surface area contributed by atoms with Crippen LogP contribution in [0.25, 0.3) is 0 Å². The number of hydrogen-bond donors (Lipinski definition) is 3. The number of aromatic amines is 1. The topological polar surface area (TPSA) is 151 Å². The number of ether oxygens (including phenoxy) is 1. The fourth-order valence-corrected chi connectivity index (χ4v) is 5.87. The minimum absolute atomic E-state index is 0.0785. The molecule has 2 aliphatic heterocycles. The van der Waals surface area contributed by atoms with Crippen molar-refractivity contribution in [1.29, 1.82) is 0 Å². The van der Waals surface area contributed by atoms with E-state index in [0.29, 0.717) is 51.6 Å². The Kier molecular flexibility index (Phi) is 6.48. The van der Waals surface area contributed by atoms with Gasteiger partial charge in [-0.05, 0) is 41.8 Å². The second-order valence-electron chi connectivity index (χ2n) is 8.60. The van der Waals surface area contributed by atoms with E-state index in [1.807, 2.05) is 29.2 Å². The highest BCUT2D eigenvalue weighted by molar-refractivity contribution is 7.89. The van der Waals surface area contributed by atoms with Crippen molar-refractivity contribution in [3.63, 3.8) is 0 Å². The van der Waals surface area contributed by atoms with Crippen LogP contribution in [0, 0.1) is 0 Å². The molecular formula is C24H26N6O5S. The number of carbonyl (C=O) groups excluding carboxylic acids is 2. The molecule has 0 spiro atoms. The van der Waals surface area contributed by atoms with Crippen LogP contribution < -0.4 is 16.0 Å². The standard InChI is InChI=1S/C24H26N6O5S/c25-21(31)20-22(27-28-23(20)29-11-13-35-14-12-29)26-24(32)17-5-7-19(8-6-17)36(33,34)30-10-9-16-3-1-2-4-18(16)15-30/h1-8H,9-15H2,(H2,25,31)(H2,26,27,28,32). The van der Waals surface area contributed by atoms with E-state index < -0.39 is 21.8 Å². The third kappa shape index (κ3) is 4.57. The first-order chi connectivity index (χ1) is 17.3. The Morgan fingerprint density at radius 3 is 2.39 bits per heavy atom. The molecule has 0 saturated carbocycles. The molecule has 188 valence electrons. The highest BCUT2D eigenvalue weighted by Gasteiger charge is 2.29. The Bertz CT molecular complexity index is 1400. The van der Waals surface area contributed by atoms with Crippen LogP contribution in [0.2, 0.25) is 0 Å². The number of fused-ring (bicyclic) bond motifs is 1. The van der Waals surface area contributed by atoms with Gasteiger partial charge in [0.2, 0.25) is 10.0 Å². The van der Waals surface area contributed by atoms with E-state index in [-0.39, 0.29) is 21.8 Å². The summed E-state index contributed by atoms with van der Waals surface area (Å²) in [7, 11) is -3.72. The molecule has 3 aromatic rings. The molecule has 0 unspecified atom stereocenters. The van der Waals surface area contributed by atoms with Crippen molar-refractivity contribution in [1.82, 2.24) is 14.5 Å². The molecule has 2 aromatic carbocycles. The molecule has 0 atom stereocenters. The van der Waals surface area contributed by atoms with Gasteiger partial charge in [-0.3, -0.25) is 14.7 Å². The monoisotopic (exact) mass is 510 g/mol. The number of morpholine rings is 1. The van der Waals surface area contributed by atoms with Crippen LogP contribution in [0.5, 0.6) is 0 Å². The van der Waals surface area contributed by atoms with E-state index in [1.165, 1.54) is 28.6 Å². The quantitative estimate of drug-likeness (QED) is 0.453. The maximum absolute atomic E-state index is 13.2. The van der Waals surface area contributed by atoms with Crippen LogP contribution in [0.4, 0.5) is 11.6 Å². The van der Waals surface area contributed by atoms with Gasteiger partial charge in [-0.25, -0.2) is 8.42 Å². The molecular weight excluding hydrogens is 484 g/mol. The number of rotatable bonds is 6. The smallest absolute Gasteiger partial charge is 0.256 e. The van der Waals surface area contributed by atoms with Crippen LogP contribution in [-0.2, 0) is 27.7 Å². The zero-order valence-corrected chi connectivity index (χ0v) is 20.3. The van der Waals surface area contributed by atoms with Crippen molar-refractivity contribution >= 4 is 33.5 Å². The Morgan fingerprint density at radius 2 is 1.69 bits per heavy atom. The van der Waals surface area contributed by atoms with Crippen LogP contribution >= 0.6 is 0 Å². The van der Waals surface area contributed by atoms with E-state index in [0.717, 1.165) is 11.1 Å². The van der Waals surface area contributed by atoms with E-state index >= 15 is 0 Å². The minimum Gasteiger partial charge on any atom is -0.378 e. The number of hydrogen-bond acceptors (Lipinski definition) is 7. The van der Waals surface area contributed by atoms with Gasteiger partial charge in [0, 0.05) is 31.7 Å². The summed E-state index contributed by atoms with van der Waals surface area (Å²) in [6, 6.07) is 13.5. The lowest BCUT2D eigenvalue weighted by Crippen LogP contribution is -2.37. The molecule has 2 amide bonds. The van der Waals surface area contributed by atoms with Crippen molar-refractivity contribution < 1.29 is 22.7 Å². The lowest BCUT2D eigenvalue weighted by Gasteiger charge is -2.28. The van der Waals surface area contributed by atoms with Gasteiger partial charge in [0.1, 0.15) is 11.4 Å². The van der Waals surface area contributed by atoms with Crippen molar-refractivity contribution in [2.75, 3.05) is 43.1 Å². The molecule has 1 fully saturated rings. The maximum Gasteiger partial charge on any atom is 0.256 e. The first-order valence-electron chi connectivity index (χ1n) is 11.5. The average molecular weight is 511 g/mol. The summed E-state index contributed by atoms with van der Waals surface area (Å²) in [6.07, 6.45) is 0.648. The van der Waals surface area contributed by atoms with Crippen LogP contribution in [0.3, 0.4) is 0 Å². The first-order valence-corrected chi connectivity index (χ1v) is 13.0. The van der Waals surface area contributed by atoms with Gasteiger partial charge in [0.05, 0.1) is 18.1 Å². The Labute approximate surface area is 208 Å². The maximum atomic E-state index is 13.2. The molecule has 12 heteroatoms. The first kappa shape index (κ1) is 24.0. The summed E-state index contributed by atoms with van der Waals surface area (Å²) in [4.78, 5) is 27.0. The van der Waals surface area contributed by atoms with Gasteiger partial charge in [-0.2, -0.15) is 9.40 Å². The summed E-state index contributed by atoms with van der Waals surface area (Å²) in [5.74, 6) is -0.834. The van der Waals surface area contributed by atoms with Crippen LogP contribution in [0.15, 0.2) is 53.4 Å². The number of nitrogens with two attached hydrogens (primary N) is 1. The molecule has 4 N–H and O–H groups in total. The zero-order valence-electron chi connectivity index (χ0n) is 19.4. The fraction of sp³-hybridized carbons (Fsp3) is 0.292. The van der Waals surface area contributed by atoms with Crippen molar-refractivity contribution in [3.05, 3.63) is 70.8 Å². The summed E-state index contributed by atoms with van der Waals surface area (Å²) in [5, 5.41) is 9.46. The average Bonchev–Trinajstić information content (AvgIpc) is 3.32. The van der Waals surface area contributed by atoms with E-state index in [2.05, 4.69) is 15.5 Å². The Balaban J connectivity index is 1.32. The van der Waals surface area contributed by atoms with Crippen LogP contribution in [-0.4, -0.2) is 67.6 Å². The summed E-state index contributed by atoms with van der Waals surface area (Å²) in [5.41, 5.74) is 8.01. The number of nitrogens with zero attached hydrogens (tertiary/aromatic N) is 3. The number of primary amides is 1. The highest BCUT2D eigenvalue weighted by Crippen LogP contribution is 2.27. The molecule has 5 rings (SSSR count). The van der Waals surface area contributed by atoms with E-state index in [9.17, 15) is 18.0 Å². The second-order valence-corrected chi connectivity index (χ2v) is 10.5. The van der Waals surface area contributed by atoms with E-state index in [1.54, 1.807) is 0 Å². The van der Waals surface area contributed by atoms with Gasteiger partial charge in [-0.15, -0.1) is 0 Å². The molecule has 0 bridgehead atoms. The molecule has 11 nitrogen and oxygen atoms in total. The predicted octanol–water partition coefficient (Wildman–Crippen LogP) is 1.34. The normalized spacial score (nSPS) is 16.4. The number of nitrogens with one attached hydrogen (secondary N) is 2. The fourth-order valence-electron chi connectivity index (χ4n) is 4.45. The van der Waals surface area contributed by atoms with Gasteiger partial charge < -0.3 is 20.7 Å². The number of carbonyl (C=O) groups is 2. The molecule has 36 heavy (non-hydrogen) atoms. The van der Waals surface area contributed by atoms with Gasteiger partial charge in [0.15, 0.2) is 5.82 Å². The highest BCUT2D eigenvalue weighted by atomic mass is 32.2. The third-order valence-corrected chi connectivity index (χ3v) is 8.25.